The van der Waals surface area contributed by atoms with Crippen LogP contribution >= 0.6 is 23.1 Å². The molecule has 1 N–H and O–H groups in total. The van der Waals surface area contributed by atoms with Gasteiger partial charge in [0, 0.05) is 5.56 Å². The number of nitrogens with zero attached hydrogens (tertiary/aromatic N) is 3. The van der Waals surface area contributed by atoms with Gasteiger partial charge in [-0.15, -0.1) is 10.2 Å². The maximum atomic E-state index is 12.7. The highest BCUT2D eigenvalue weighted by Gasteiger charge is 2.22. The first-order valence-electron chi connectivity index (χ1n) is 12.5. The zero-order chi connectivity index (χ0) is 25.0. The molecule has 35 heavy (non-hydrogen) atoms. The molecule has 0 radical (unpaired) electrons. The molecule has 8 heteroatoms. The number of allylic oxidation sites excluding steroid dienone is 3. The Balaban J connectivity index is 1.46. The van der Waals surface area contributed by atoms with Crippen LogP contribution in [-0.2, 0) is 0 Å². The van der Waals surface area contributed by atoms with E-state index >= 15 is 0 Å². The first kappa shape index (κ1) is 27.4. The van der Waals surface area contributed by atoms with Gasteiger partial charge in [-0.25, -0.2) is 0 Å². The van der Waals surface area contributed by atoms with Gasteiger partial charge in [-0.05, 0) is 96.3 Å². The van der Waals surface area contributed by atoms with E-state index in [1.807, 2.05) is 12.1 Å². The molecule has 0 aliphatic carbocycles. The molecular weight excluding hydrogens is 476 g/mol. The van der Waals surface area contributed by atoms with Gasteiger partial charge < -0.3 is 4.74 Å². The lowest BCUT2D eigenvalue weighted by atomic mass is 10.1. The summed E-state index contributed by atoms with van der Waals surface area (Å²) in [4.78, 5) is 15.2. The molecule has 0 spiro atoms. The Bertz CT molecular complexity index is 991. The number of likely N-dealkylation sites (tertiary alicyclic amines) is 1. The molecule has 3 rings (SSSR count). The largest absolute Gasteiger partial charge is 0.490 e. The number of hydrogen-bond donors (Lipinski definition) is 1. The van der Waals surface area contributed by atoms with E-state index in [9.17, 15) is 4.79 Å². The number of rotatable bonds is 12. The summed E-state index contributed by atoms with van der Waals surface area (Å²) in [6.45, 7) is 11.4. The SMILES string of the molecule is CCC(Sc1nnc(NC(=O)c2ccc(OC/C=C(\C)CCC=C(C)C)cc2)s1)N1CCCCC1. The molecule has 6 nitrogen and oxygen atoms in total. The lowest BCUT2D eigenvalue weighted by Crippen LogP contribution is -2.36. The van der Waals surface area contributed by atoms with Gasteiger partial charge in [-0.2, -0.15) is 0 Å². The number of aromatic nitrogens is 2. The van der Waals surface area contributed by atoms with Crippen molar-refractivity contribution in [3.05, 3.63) is 53.1 Å². The predicted molar refractivity (Wildman–Crippen MR) is 148 cm³/mol. The molecule has 1 atom stereocenters. The molecule has 1 unspecified atom stereocenters. The topological polar surface area (TPSA) is 67.3 Å². The van der Waals surface area contributed by atoms with E-state index in [0.717, 1.165) is 42.4 Å². The lowest BCUT2D eigenvalue weighted by molar-refractivity contribution is 0.102. The van der Waals surface area contributed by atoms with Gasteiger partial charge in [0.1, 0.15) is 12.4 Å². The van der Waals surface area contributed by atoms with E-state index in [0.29, 0.717) is 22.7 Å². The quantitative estimate of drug-likeness (QED) is 0.184. The zero-order valence-corrected chi connectivity index (χ0v) is 23.0. The van der Waals surface area contributed by atoms with Gasteiger partial charge in [-0.3, -0.25) is 15.0 Å². The van der Waals surface area contributed by atoms with Crippen LogP contribution in [0.25, 0.3) is 0 Å². The highest BCUT2D eigenvalue weighted by Crippen LogP contribution is 2.33. The van der Waals surface area contributed by atoms with E-state index in [-0.39, 0.29) is 5.91 Å². The maximum absolute atomic E-state index is 12.7. The molecule has 2 aromatic rings. The van der Waals surface area contributed by atoms with Gasteiger partial charge in [-0.1, -0.05) is 53.7 Å². The van der Waals surface area contributed by atoms with Gasteiger partial charge in [0.2, 0.25) is 5.13 Å². The molecule has 1 saturated heterocycles. The number of ether oxygens (including phenoxy) is 1. The first-order chi connectivity index (χ1) is 16.9. The van der Waals surface area contributed by atoms with Crippen LogP contribution in [-0.4, -0.2) is 46.1 Å². The summed E-state index contributed by atoms with van der Waals surface area (Å²) in [6, 6.07) is 7.20. The molecule has 1 amide bonds. The highest BCUT2D eigenvalue weighted by molar-refractivity contribution is 8.01. The van der Waals surface area contributed by atoms with Crippen molar-refractivity contribution in [2.45, 2.75) is 75.9 Å². The molecule has 0 saturated carbocycles. The average Bonchev–Trinajstić information content (AvgIpc) is 3.30. The van der Waals surface area contributed by atoms with Crippen molar-refractivity contribution in [3.63, 3.8) is 0 Å². The number of carbonyl (C=O) groups excluding carboxylic acids is 1. The van der Waals surface area contributed by atoms with Gasteiger partial charge in [0.05, 0.1) is 5.37 Å². The Kier molecular flexibility index (Phi) is 11.3. The van der Waals surface area contributed by atoms with Crippen molar-refractivity contribution in [2.24, 2.45) is 0 Å². The summed E-state index contributed by atoms with van der Waals surface area (Å²) in [5, 5.41) is 12.3. The number of amides is 1. The maximum Gasteiger partial charge on any atom is 0.257 e. The molecule has 1 fully saturated rings. The van der Waals surface area contributed by atoms with E-state index in [2.05, 4.69) is 60.3 Å². The van der Waals surface area contributed by atoms with Crippen molar-refractivity contribution in [2.75, 3.05) is 25.0 Å². The van der Waals surface area contributed by atoms with E-state index in [1.165, 1.54) is 41.7 Å². The van der Waals surface area contributed by atoms with Crippen molar-refractivity contribution >= 4 is 34.1 Å². The Labute approximate surface area is 218 Å². The van der Waals surface area contributed by atoms with E-state index in [1.54, 1.807) is 23.9 Å². The average molecular weight is 515 g/mol. The number of benzene rings is 1. The number of nitrogens with one attached hydrogen (secondary N) is 1. The molecule has 190 valence electrons. The minimum atomic E-state index is -0.192. The molecule has 2 heterocycles. The molecular formula is C27H38N4O2S2. The second kappa shape index (κ2) is 14.4. The van der Waals surface area contributed by atoms with Crippen molar-refractivity contribution in [1.29, 1.82) is 0 Å². The third-order valence-electron chi connectivity index (χ3n) is 5.90. The molecule has 1 aromatic heterocycles. The third-order valence-corrected chi connectivity index (χ3v) is 8.26. The summed E-state index contributed by atoms with van der Waals surface area (Å²) in [6.07, 6.45) is 11.4. The van der Waals surface area contributed by atoms with Gasteiger partial charge >= 0.3 is 0 Å². The second-order valence-corrected chi connectivity index (χ2v) is 11.5. The van der Waals surface area contributed by atoms with Crippen LogP contribution in [0.5, 0.6) is 5.75 Å². The highest BCUT2D eigenvalue weighted by atomic mass is 32.2. The van der Waals surface area contributed by atoms with Crippen LogP contribution in [0, 0.1) is 0 Å². The minimum absolute atomic E-state index is 0.192. The van der Waals surface area contributed by atoms with Crippen LogP contribution in [0.3, 0.4) is 0 Å². The van der Waals surface area contributed by atoms with Crippen molar-refractivity contribution in [3.8, 4) is 5.75 Å². The van der Waals surface area contributed by atoms with E-state index in [4.69, 9.17) is 4.74 Å². The monoisotopic (exact) mass is 514 g/mol. The van der Waals surface area contributed by atoms with Gasteiger partial charge in [0.15, 0.2) is 4.34 Å². The normalized spacial score (nSPS) is 15.5. The summed E-state index contributed by atoms with van der Waals surface area (Å²) in [5.41, 5.74) is 3.23. The minimum Gasteiger partial charge on any atom is -0.490 e. The summed E-state index contributed by atoms with van der Waals surface area (Å²) in [5.74, 6) is 0.551. The predicted octanol–water partition coefficient (Wildman–Crippen LogP) is 7.18. The summed E-state index contributed by atoms with van der Waals surface area (Å²) in [7, 11) is 0. The van der Waals surface area contributed by atoms with Crippen LogP contribution < -0.4 is 10.1 Å². The van der Waals surface area contributed by atoms with Gasteiger partial charge in [0.25, 0.3) is 5.91 Å². The number of anilines is 1. The molecule has 1 aliphatic rings. The number of piperidine rings is 1. The Morgan fingerprint density at radius 2 is 1.89 bits per heavy atom. The Morgan fingerprint density at radius 1 is 1.14 bits per heavy atom. The van der Waals surface area contributed by atoms with Crippen LogP contribution in [0.15, 0.2) is 51.9 Å². The smallest absolute Gasteiger partial charge is 0.257 e. The lowest BCUT2D eigenvalue weighted by Gasteiger charge is -2.32. The molecule has 0 bridgehead atoms. The molecule has 1 aromatic carbocycles. The fourth-order valence-electron chi connectivity index (χ4n) is 3.89. The second-order valence-electron chi connectivity index (χ2n) is 9.11. The number of hydrogen-bond acceptors (Lipinski definition) is 7. The van der Waals surface area contributed by atoms with Crippen molar-refractivity contribution < 1.29 is 9.53 Å². The van der Waals surface area contributed by atoms with Crippen LogP contribution in [0.1, 0.15) is 76.6 Å². The van der Waals surface area contributed by atoms with E-state index < -0.39 is 0 Å². The first-order valence-corrected chi connectivity index (χ1v) is 14.2. The van der Waals surface area contributed by atoms with Crippen molar-refractivity contribution in [1.82, 2.24) is 15.1 Å². The fraction of sp³-hybridized carbons (Fsp3) is 0.519. The number of thioether (sulfide) groups is 1. The zero-order valence-electron chi connectivity index (χ0n) is 21.4. The Morgan fingerprint density at radius 3 is 2.57 bits per heavy atom. The van der Waals surface area contributed by atoms with Crippen LogP contribution in [0.2, 0.25) is 0 Å². The number of carbonyl (C=O) groups is 1. The third kappa shape index (κ3) is 9.43. The van der Waals surface area contributed by atoms with Crippen LogP contribution in [0.4, 0.5) is 5.13 Å². The summed E-state index contributed by atoms with van der Waals surface area (Å²) < 4.78 is 6.70. The molecule has 1 aliphatic heterocycles. The standard InChI is InChI=1S/C27H38N4O2S2/c1-5-24(31-17-7-6-8-18-31)34-27-30-29-26(35-27)28-25(32)22-12-14-23(15-13-22)33-19-16-21(4)11-9-10-20(2)3/h10,12-16,24H,5-9,11,17-19H2,1-4H3,(H,28,29,32)/b21-16+. The Hall–Kier alpha value is -2.16. The fourth-order valence-corrected chi connectivity index (χ4v) is 5.97. The summed E-state index contributed by atoms with van der Waals surface area (Å²) >= 11 is 3.19.